The smallest absolute Gasteiger partial charge is 0.166 e. The number of halogens is 7. The van der Waals surface area contributed by atoms with Crippen LogP contribution in [0, 0.1) is 3.57 Å². The summed E-state index contributed by atoms with van der Waals surface area (Å²) in [5, 5.41) is 0. The van der Waals surface area contributed by atoms with E-state index in [2.05, 4.69) is 0 Å². The Labute approximate surface area is 94.4 Å². The lowest BCUT2D eigenvalue weighted by atomic mass is 10.1. The Hall–Kier alpha value is -0.470. The molecule has 7 heteroatoms. The van der Waals surface area contributed by atoms with Gasteiger partial charge in [0.1, 0.15) is 0 Å². The van der Waals surface area contributed by atoms with Crippen molar-refractivity contribution < 1.29 is 26.3 Å². The summed E-state index contributed by atoms with van der Waals surface area (Å²) in [6, 6.07) is 1.33. The van der Waals surface area contributed by atoms with Crippen LogP contribution >= 0.6 is 22.6 Å². The maximum atomic E-state index is 12.2. The molecule has 0 spiro atoms. The molecule has 15 heavy (non-hydrogen) atoms. The summed E-state index contributed by atoms with van der Waals surface area (Å²) >= 11 is 1.23. The van der Waals surface area contributed by atoms with Gasteiger partial charge in [-0.3, -0.25) is 0 Å². The van der Waals surface area contributed by atoms with Crippen LogP contribution in [0.3, 0.4) is 0 Å². The predicted octanol–water partition coefficient (Wildman–Crippen LogP) is 4.33. The van der Waals surface area contributed by atoms with E-state index < -0.39 is 27.0 Å². The molecule has 0 heterocycles. The van der Waals surface area contributed by atoms with Crippen molar-refractivity contribution in [1.29, 1.82) is 0 Å². The second-order valence-corrected chi connectivity index (χ2v) is 3.85. The molecule has 0 radical (unpaired) electrons. The van der Waals surface area contributed by atoms with Crippen molar-refractivity contribution in [1.82, 2.24) is 0 Å². The number of alkyl halides is 6. The zero-order chi connectivity index (χ0) is 11.9. The number of hydrogen-bond donors (Lipinski definition) is 0. The first-order valence-corrected chi connectivity index (χ1v) is 4.64. The number of benzene rings is 1. The first kappa shape index (κ1) is 12.6. The molecular weight excluding hydrogens is 337 g/mol. The van der Waals surface area contributed by atoms with Gasteiger partial charge in [0.05, 0.1) is 11.1 Å². The Morgan fingerprint density at radius 2 is 1.40 bits per heavy atom. The minimum absolute atomic E-state index is 0.422. The highest BCUT2D eigenvalue weighted by atomic mass is 127. The van der Waals surface area contributed by atoms with Gasteiger partial charge in [0.15, 0.2) is 0 Å². The molecule has 84 valence electrons. The molecule has 0 amide bonds. The average Bonchev–Trinajstić information content (AvgIpc) is 1.99. The van der Waals surface area contributed by atoms with Gasteiger partial charge in [-0.1, -0.05) is 0 Å². The molecular formula is C8H3F6I. The molecule has 0 aromatic heterocycles. The monoisotopic (exact) mass is 340 g/mol. The molecule has 0 N–H and O–H groups in total. The van der Waals surface area contributed by atoms with E-state index in [1.165, 1.54) is 22.6 Å². The van der Waals surface area contributed by atoms with Gasteiger partial charge in [0.25, 0.3) is 0 Å². The first-order chi connectivity index (χ1) is 6.62. The van der Waals surface area contributed by atoms with E-state index in [4.69, 9.17) is 0 Å². The van der Waals surface area contributed by atoms with Gasteiger partial charge in [-0.05, 0) is 40.8 Å². The molecule has 0 saturated heterocycles. The molecule has 0 fully saturated rings. The third kappa shape index (κ3) is 2.99. The standard InChI is InChI=1S/C8H3F6I/c9-7(10,11)4-1-2-5(6(15)3-4)8(12,13)14/h1-3H. The van der Waals surface area contributed by atoms with Crippen LogP contribution < -0.4 is 0 Å². The maximum absolute atomic E-state index is 12.2. The molecule has 1 aromatic rings. The lowest BCUT2D eigenvalue weighted by molar-refractivity contribution is -0.141. The van der Waals surface area contributed by atoms with Gasteiger partial charge in [-0.2, -0.15) is 26.3 Å². The highest BCUT2D eigenvalue weighted by molar-refractivity contribution is 14.1. The highest BCUT2D eigenvalue weighted by Gasteiger charge is 2.36. The van der Waals surface area contributed by atoms with Gasteiger partial charge in [-0.25, -0.2) is 0 Å². The van der Waals surface area contributed by atoms with Crippen molar-refractivity contribution in [3.8, 4) is 0 Å². The average molecular weight is 340 g/mol. The van der Waals surface area contributed by atoms with E-state index in [-0.39, 0.29) is 0 Å². The fourth-order valence-electron chi connectivity index (χ4n) is 0.921. The van der Waals surface area contributed by atoms with E-state index in [1.54, 1.807) is 0 Å². The first-order valence-electron chi connectivity index (χ1n) is 3.56. The molecule has 1 rings (SSSR count). The van der Waals surface area contributed by atoms with Crippen LogP contribution in [-0.4, -0.2) is 0 Å². The Kier molecular flexibility index (Phi) is 3.22. The molecule has 0 unspecified atom stereocenters. The number of rotatable bonds is 0. The molecule has 0 saturated carbocycles. The molecule has 0 aliphatic rings. The Balaban J connectivity index is 3.21. The van der Waals surface area contributed by atoms with Gasteiger partial charge in [-0.15, -0.1) is 0 Å². The minimum Gasteiger partial charge on any atom is -0.166 e. The summed E-state index contributed by atoms with van der Waals surface area (Å²) in [5.41, 5.74) is -2.14. The third-order valence-electron chi connectivity index (χ3n) is 1.60. The predicted molar refractivity (Wildman–Crippen MR) is 49.2 cm³/mol. The Morgan fingerprint density at radius 1 is 0.867 bits per heavy atom. The van der Waals surface area contributed by atoms with E-state index >= 15 is 0 Å². The van der Waals surface area contributed by atoms with E-state index in [9.17, 15) is 26.3 Å². The van der Waals surface area contributed by atoms with Crippen LogP contribution in [0.25, 0.3) is 0 Å². The van der Waals surface area contributed by atoms with Crippen LogP contribution in [0.15, 0.2) is 18.2 Å². The Morgan fingerprint density at radius 3 is 1.73 bits per heavy atom. The largest absolute Gasteiger partial charge is 0.417 e. The van der Waals surface area contributed by atoms with E-state index in [1.807, 2.05) is 0 Å². The fraction of sp³-hybridized carbons (Fsp3) is 0.250. The SMILES string of the molecule is FC(F)(F)c1ccc(C(F)(F)F)c(I)c1. The summed E-state index contributed by atoms with van der Waals surface area (Å²) in [4.78, 5) is 0. The molecule has 0 bridgehead atoms. The quantitative estimate of drug-likeness (QED) is 0.487. The third-order valence-corrected chi connectivity index (χ3v) is 2.49. The van der Waals surface area contributed by atoms with Gasteiger partial charge >= 0.3 is 12.4 Å². The zero-order valence-electron chi connectivity index (χ0n) is 6.88. The van der Waals surface area contributed by atoms with Crippen molar-refractivity contribution in [2.75, 3.05) is 0 Å². The zero-order valence-corrected chi connectivity index (χ0v) is 9.04. The van der Waals surface area contributed by atoms with Crippen molar-refractivity contribution >= 4 is 22.6 Å². The summed E-state index contributed by atoms with van der Waals surface area (Å²) in [7, 11) is 0. The van der Waals surface area contributed by atoms with Crippen molar-refractivity contribution in [3.05, 3.63) is 32.9 Å². The van der Waals surface area contributed by atoms with Crippen LogP contribution in [0.1, 0.15) is 11.1 Å². The molecule has 0 aliphatic heterocycles. The minimum atomic E-state index is -4.62. The van der Waals surface area contributed by atoms with Crippen LogP contribution in [-0.2, 0) is 12.4 Å². The van der Waals surface area contributed by atoms with E-state index in [0.717, 1.165) is 0 Å². The lowest BCUT2D eigenvalue weighted by Gasteiger charge is -2.12. The van der Waals surface area contributed by atoms with E-state index in [0.29, 0.717) is 18.2 Å². The maximum Gasteiger partial charge on any atom is 0.417 e. The van der Waals surface area contributed by atoms with Crippen LogP contribution in [0.2, 0.25) is 0 Å². The second kappa shape index (κ2) is 3.84. The topological polar surface area (TPSA) is 0 Å². The van der Waals surface area contributed by atoms with Crippen molar-refractivity contribution in [2.45, 2.75) is 12.4 Å². The summed E-state index contributed by atoms with van der Waals surface area (Å²) < 4.78 is 72.4. The van der Waals surface area contributed by atoms with Crippen LogP contribution in [0.4, 0.5) is 26.3 Å². The lowest BCUT2D eigenvalue weighted by Crippen LogP contribution is -2.11. The van der Waals surface area contributed by atoms with Crippen LogP contribution in [0.5, 0.6) is 0 Å². The Bertz CT molecular complexity index is 364. The summed E-state index contributed by atoms with van der Waals surface area (Å²) in [5.74, 6) is 0. The highest BCUT2D eigenvalue weighted by Crippen LogP contribution is 2.36. The van der Waals surface area contributed by atoms with Gasteiger partial charge in [0, 0.05) is 3.57 Å². The summed E-state index contributed by atoms with van der Waals surface area (Å²) in [6.45, 7) is 0. The molecule has 0 nitrogen and oxygen atoms in total. The molecule has 0 atom stereocenters. The van der Waals surface area contributed by atoms with Gasteiger partial charge in [0.2, 0.25) is 0 Å². The summed E-state index contributed by atoms with van der Waals surface area (Å²) in [6.07, 6.45) is -9.25. The van der Waals surface area contributed by atoms with Gasteiger partial charge < -0.3 is 0 Å². The molecule has 0 aliphatic carbocycles. The van der Waals surface area contributed by atoms with Crippen molar-refractivity contribution in [3.63, 3.8) is 0 Å². The normalized spacial score (nSPS) is 13.0. The van der Waals surface area contributed by atoms with Crippen molar-refractivity contribution in [2.24, 2.45) is 0 Å². The second-order valence-electron chi connectivity index (χ2n) is 2.69. The molecule has 1 aromatic carbocycles. The number of hydrogen-bond acceptors (Lipinski definition) is 0. The fourth-order valence-corrected chi connectivity index (χ4v) is 1.74.